The highest BCUT2D eigenvalue weighted by Gasteiger charge is 2.27. The van der Waals surface area contributed by atoms with Crippen LogP contribution in [-0.2, 0) is 19.0 Å². The van der Waals surface area contributed by atoms with Gasteiger partial charge in [-0.3, -0.25) is 9.59 Å². The lowest BCUT2D eigenvalue weighted by Crippen LogP contribution is -2.37. The first kappa shape index (κ1) is 23.7. The molecule has 0 bridgehead atoms. The summed E-state index contributed by atoms with van der Waals surface area (Å²) in [7, 11) is 0. The number of amides is 2. The lowest BCUT2D eigenvalue weighted by atomic mass is 10.0. The minimum atomic E-state index is -0.244. The van der Waals surface area contributed by atoms with Gasteiger partial charge < -0.3 is 29.4 Å². The normalized spacial score (nSPS) is 18.6. The standard InChI is InChI=1S/C25H28N4O5/c1-16-22(14-20-19-13-18(15-26)3-4-21(19)28-24(20)30)27-17(2)23(16)25(31)29-5-7-32-9-11-34-12-10-33-8-6-29/h3-4,13-14,27H,5-12H2,1-2H3,(H,28,30). The smallest absolute Gasteiger partial charge is 0.256 e. The van der Waals surface area contributed by atoms with Crippen LogP contribution in [0.5, 0.6) is 0 Å². The van der Waals surface area contributed by atoms with E-state index in [1.807, 2.05) is 13.8 Å². The maximum Gasteiger partial charge on any atom is 0.256 e. The summed E-state index contributed by atoms with van der Waals surface area (Å²) in [6, 6.07) is 7.19. The Bertz CT molecular complexity index is 1150. The Hall–Kier alpha value is -3.45. The van der Waals surface area contributed by atoms with Crippen LogP contribution >= 0.6 is 0 Å². The van der Waals surface area contributed by atoms with Crippen molar-refractivity contribution in [1.29, 1.82) is 5.26 Å². The Kier molecular flexibility index (Phi) is 7.43. The lowest BCUT2D eigenvalue weighted by Gasteiger charge is -2.24. The molecule has 0 spiro atoms. The fourth-order valence-electron chi connectivity index (χ4n) is 4.15. The zero-order valence-electron chi connectivity index (χ0n) is 19.4. The molecule has 2 amide bonds. The number of carbonyl (C=O) groups is 2. The van der Waals surface area contributed by atoms with Crippen LogP contribution in [0.3, 0.4) is 0 Å². The van der Waals surface area contributed by atoms with Crippen molar-refractivity contribution in [2.75, 3.05) is 58.0 Å². The van der Waals surface area contributed by atoms with Crippen LogP contribution < -0.4 is 5.32 Å². The van der Waals surface area contributed by atoms with Crippen molar-refractivity contribution >= 4 is 29.2 Å². The van der Waals surface area contributed by atoms with Crippen molar-refractivity contribution < 1.29 is 23.8 Å². The summed E-state index contributed by atoms with van der Waals surface area (Å²) in [5, 5.41) is 12.1. The van der Waals surface area contributed by atoms with Crippen molar-refractivity contribution in [3.8, 4) is 6.07 Å². The molecule has 1 fully saturated rings. The number of H-pyrrole nitrogens is 1. The van der Waals surface area contributed by atoms with Gasteiger partial charge in [0.15, 0.2) is 0 Å². The van der Waals surface area contributed by atoms with Crippen molar-refractivity contribution in [2.45, 2.75) is 13.8 Å². The van der Waals surface area contributed by atoms with Gasteiger partial charge in [0.2, 0.25) is 0 Å². The second kappa shape index (κ2) is 10.7. The van der Waals surface area contributed by atoms with Gasteiger partial charge in [-0.1, -0.05) is 0 Å². The number of aryl methyl sites for hydroxylation is 1. The minimum absolute atomic E-state index is 0.112. The molecule has 1 saturated heterocycles. The number of ether oxygens (including phenoxy) is 3. The number of anilines is 1. The summed E-state index contributed by atoms with van der Waals surface area (Å²) in [5.74, 6) is -0.356. The maximum atomic E-state index is 13.5. The van der Waals surface area contributed by atoms with E-state index in [0.717, 1.165) is 11.3 Å². The van der Waals surface area contributed by atoms with Crippen molar-refractivity contribution in [3.05, 3.63) is 51.8 Å². The van der Waals surface area contributed by atoms with Gasteiger partial charge >= 0.3 is 0 Å². The molecule has 1 aromatic heterocycles. The van der Waals surface area contributed by atoms with Gasteiger partial charge in [0.1, 0.15) is 0 Å². The molecular weight excluding hydrogens is 436 g/mol. The number of nitriles is 1. The minimum Gasteiger partial charge on any atom is -0.377 e. The van der Waals surface area contributed by atoms with Gasteiger partial charge in [-0.15, -0.1) is 0 Å². The highest BCUT2D eigenvalue weighted by Crippen LogP contribution is 2.34. The Balaban J connectivity index is 1.60. The molecule has 0 unspecified atom stereocenters. The first-order valence-corrected chi connectivity index (χ1v) is 11.3. The first-order chi connectivity index (χ1) is 16.5. The van der Waals surface area contributed by atoms with Gasteiger partial charge in [0.25, 0.3) is 11.8 Å². The van der Waals surface area contributed by atoms with E-state index in [9.17, 15) is 14.9 Å². The highest BCUT2D eigenvalue weighted by atomic mass is 16.5. The number of rotatable bonds is 2. The number of nitrogens with zero attached hydrogens (tertiary/aromatic N) is 2. The van der Waals surface area contributed by atoms with Gasteiger partial charge in [0, 0.05) is 35.7 Å². The summed E-state index contributed by atoms with van der Waals surface area (Å²) in [4.78, 5) is 31.1. The van der Waals surface area contributed by atoms with Gasteiger partial charge in [-0.2, -0.15) is 5.26 Å². The van der Waals surface area contributed by atoms with E-state index in [2.05, 4.69) is 16.4 Å². The third kappa shape index (κ3) is 5.04. The predicted octanol–water partition coefficient (Wildman–Crippen LogP) is 2.50. The molecule has 0 atom stereocenters. The largest absolute Gasteiger partial charge is 0.377 e. The van der Waals surface area contributed by atoms with Crippen LogP contribution in [0, 0.1) is 25.2 Å². The summed E-state index contributed by atoms with van der Waals surface area (Å²) in [6.45, 7) is 7.35. The number of aromatic amines is 1. The van der Waals surface area contributed by atoms with Crippen LogP contribution in [0.4, 0.5) is 5.69 Å². The number of fused-ring (bicyclic) bond motifs is 1. The fourth-order valence-corrected chi connectivity index (χ4v) is 4.15. The number of carbonyl (C=O) groups excluding carboxylic acids is 2. The molecule has 4 rings (SSSR count). The SMILES string of the molecule is Cc1[nH]c(C=C2C(=O)Nc3ccc(C#N)cc32)c(C)c1C(=O)N1CCOCCOCCOCC1. The third-order valence-electron chi connectivity index (χ3n) is 5.95. The van der Waals surface area contributed by atoms with Crippen molar-refractivity contribution in [3.63, 3.8) is 0 Å². The Labute approximate surface area is 198 Å². The second-order valence-electron chi connectivity index (χ2n) is 8.18. The molecule has 9 heteroatoms. The molecule has 178 valence electrons. The van der Waals surface area contributed by atoms with Gasteiger partial charge in [-0.25, -0.2) is 0 Å². The molecule has 34 heavy (non-hydrogen) atoms. The van der Waals surface area contributed by atoms with Crippen LogP contribution in [0.25, 0.3) is 11.6 Å². The van der Waals surface area contributed by atoms with Crippen molar-refractivity contribution in [2.24, 2.45) is 0 Å². The van der Waals surface area contributed by atoms with E-state index in [0.29, 0.717) is 86.4 Å². The lowest BCUT2D eigenvalue weighted by molar-refractivity contribution is -0.110. The number of nitrogens with one attached hydrogen (secondary N) is 2. The molecule has 9 nitrogen and oxygen atoms in total. The average molecular weight is 465 g/mol. The molecule has 2 aromatic rings. The molecule has 2 N–H and O–H groups in total. The molecule has 0 radical (unpaired) electrons. The first-order valence-electron chi connectivity index (χ1n) is 11.3. The number of benzene rings is 1. The van der Waals surface area contributed by atoms with E-state index in [1.54, 1.807) is 29.2 Å². The number of aromatic nitrogens is 1. The van der Waals surface area contributed by atoms with E-state index in [4.69, 9.17) is 14.2 Å². The molecule has 2 aliphatic rings. The van der Waals surface area contributed by atoms with Crippen LogP contribution in [-0.4, -0.2) is 74.4 Å². The van der Waals surface area contributed by atoms with Crippen LogP contribution in [0.2, 0.25) is 0 Å². The summed E-state index contributed by atoms with van der Waals surface area (Å²) >= 11 is 0. The van der Waals surface area contributed by atoms with Gasteiger partial charge in [-0.05, 0) is 43.7 Å². The molecule has 1 aromatic carbocycles. The van der Waals surface area contributed by atoms with Gasteiger partial charge in [0.05, 0.1) is 62.4 Å². The summed E-state index contributed by atoms with van der Waals surface area (Å²) < 4.78 is 16.6. The second-order valence-corrected chi connectivity index (χ2v) is 8.18. The predicted molar refractivity (Wildman–Crippen MR) is 126 cm³/mol. The van der Waals surface area contributed by atoms with E-state index in [-0.39, 0.29) is 11.8 Å². The number of hydrogen-bond donors (Lipinski definition) is 2. The zero-order chi connectivity index (χ0) is 24.1. The Morgan fingerprint density at radius 1 is 1.06 bits per heavy atom. The maximum absolute atomic E-state index is 13.5. The monoisotopic (exact) mass is 464 g/mol. The molecule has 0 saturated carbocycles. The highest BCUT2D eigenvalue weighted by molar-refractivity contribution is 6.35. The molecule has 3 heterocycles. The third-order valence-corrected chi connectivity index (χ3v) is 5.95. The van der Waals surface area contributed by atoms with E-state index >= 15 is 0 Å². The summed E-state index contributed by atoms with van der Waals surface area (Å²) in [6.07, 6.45) is 1.74. The van der Waals surface area contributed by atoms with Crippen molar-refractivity contribution in [1.82, 2.24) is 9.88 Å². The van der Waals surface area contributed by atoms with Crippen LogP contribution in [0.1, 0.15) is 38.4 Å². The fraction of sp³-hybridized carbons (Fsp3) is 0.400. The topological polar surface area (TPSA) is 117 Å². The van der Waals surface area contributed by atoms with Crippen LogP contribution in [0.15, 0.2) is 18.2 Å². The quantitative estimate of drug-likeness (QED) is 0.660. The van der Waals surface area contributed by atoms with E-state index in [1.165, 1.54) is 0 Å². The Morgan fingerprint density at radius 3 is 2.35 bits per heavy atom. The molecule has 0 aliphatic carbocycles. The zero-order valence-corrected chi connectivity index (χ0v) is 19.4. The van der Waals surface area contributed by atoms with E-state index < -0.39 is 0 Å². The number of hydrogen-bond acceptors (Lipinski definition) is 6. The Morgan fingerprint density at radius 2 is 1.71 bits per heavy atom. The average Bonchev–Trinajstić information content (AvgIpc) is 3.28. The summed E-state index contributed by atoms with van der Waals surface area (Å²) in [5.41, 5.74) is 5.00. The molecular formula is C25H28N4O5. The molecule has 2 aliphatic heterocycles.